The van der Waals surface area contributed by atoms with Gasteiger partial charge in [-0.2, -0.15) is 0 Å². The molecule has 0 spiro atoms. The predicted octanol–water partition coefficient (Wildman–Crippen LogP) is 6.04. The standard InChI is InChI=1S/C34H36BrN3O4S/c1-4-36-34(40)32(22-27-11-7-5-8-12-27)37(23-28-16-18-29(35)19-17-28)33(39)24-38(31-20-15-25(2)21-26(31)3)43(41,42)30-13-9-6-10-14-30/h5-21,32H,4,22-24H2,1-3H3,(H,36,40). The van der Waals surface area contributed by atoms with Gasteiger partial charge in [-0.25, -0.2) is 8.42 Å². The number of hydrogen-bond acceptors (Lipinski definition) is 4. The number of likely N-dealkylation sites (N-methyl/N-ethyl adjacent to an activating group) is 1. The first-order valence-corrected chi connectivity index (χ1v) is 16.3. The number of carbonyl (C=O) groups excluding carboxylic acids is 2. The van der Waals surface area contributed by atoms with Crippen molar-refractivity contribution in [1.82, 2.24) is 10.2 Å². The summed E-state index contributed by atoms with van der Waals surface area (Å²) in [7, 11) is -4.13. The van der Waals surface area contributed by atoms with E-state index in [9.17, 15) is 18.0 Å². The zero-order chi connectivity index (χ0) is 31.0. The second-order valence-electron chi connectivity index (χ2n) is 10.4. The van der Waals surface area contributed by atoms with Crippen molar-refractivity contribution in [3.8, 4) is 0 Å². The summed E-state index contributed by atoms with van der Waals surface area (Å²) in [6.07, 6.45) is 0.268. The fourth-order valence-corrected chi connectivity index (χ4v) is 6.71. The maximum Gasteiger partial charge on any atom is 0.264 e. The largest absolute Gasteiger partial charge is 0.355 e. The number of amides is 2. The van der Waals surface area contributed by atoms with Crippen molar-refractivity contribution in [3.63, 3.8) is 0 Å². The molecule has 0 saturated carbocycles. The highest BCUT2D eigenvalue weighted by Gasteiger charge is 2.34. The van der Waals surface area contributed by atoms with Crippen molar-refractivity contribution >= 4 is 43.5 Å². The average molecular weight is 663 g/mol. The minimum absolute atomic E-state index is 0.0757. The van der Waals surface area contributed by atoms with E-state index in [2.05, 4.69) is 21.2 Å². The van der Waals surface area contributed by atoms with Crippen LogP contribution >= 0.6 is 15.9 Å². The molecule has 0 bridgehead atoms. The normalized spacial score (nSPS) is 11.9. The van der Waals surface area contributed by atoms with Crippen LogP contribution in [0.4, 0.5) is 5.69 Å². The first kappa shape index (κ1) is 32.0. The van der Waals surface area contributed by atoms with E-state index in [-0.39, 0.29) is 23.8 Å². The molecule has 2 amide bonds. The van der Waals surface area contributed by atoms with Crippen LogP contribution < -0.4 is 9.62 Å². The van der Waals surface area contributed by atoms with Crippen molar-refractivity contribution < 1.29 is 18.0 Å². The Labute approximate surface area is 262 Å². The molecule has 0 aromatic heterocycles. The van der Waals surface area contributed by atoms with Crippen molar-refractivity contribution in [2.24, 2.45) is 0 Å². The lowest BCUT2D eigenvalue weighted by Crippen LogP contribution is -2.53. The smallest absolute Gasteiger partial charge is 0.264 e. The third-order valence-electron chi connectivity index (χ3n) is 7.12. The molecule has 0 aliphatic carbocycles. The number of halogens is 1. The lowest BCUT2D eigenvalue weighted by molar-refractivity contribution is -0.140. The van der Waals surface area contributed by atoms with Crippen LogP contribution in [0.25, 0.3) is 0 Å². The fourth-order valence-electron chi connectivity index (χ4n) is 4.95. The van der Waals surface area contributed by atoms with Gasteiger partial charge in [-0.1, -0.05) is 94.3 Å². The number of aryl methyl sites for hydroxylation is 2. The van der Waals surface area contributed by atoms with E-state index in [1.165, 1.54) is 17.0 Å². The quantitative estimate of drug-likeness (QED) is 0.201. The van der Waals surface area contributed by atoms with Crippen LogP contribution in [-0.2, 0) is 32.6 Å². The van der Waals surface area contributed by atoms with Crippen molar-refractivity contribution in [2.45, 2.75) is 44.7 Å². The van der Waals surface area contributed by atoms with E-state index in [1.807, 2.05) is 87.5 Å². The van der Waals surface area contributed by atoms with E-state index in [0.29, 0.717) is 12.2 Å². The number of anilines is 1. The minimum Gasteiger partial charge on any atom is -0.355 e. The van der Waals surface area contributed by atoms with Gasteiger partial charge in [-0.15, -0.1) is 0 Å². The SMILES string of the molecule is CCNC(=O)C(Cc1ccccc1)N(Cc1ccc(Br)cc1)C(=O)CN(c1ccc(C)cc1C)S(=O)(=O)c1ccccc1. The Morgan fingerprint density at radius 1 is 0.837 bits per heavy atom. The molecule has 0 heterocycles. The van der Waals surface area contributed by atoms with Crippen molar-refractivity contribution in [1.29, 1.82) is 0 Å². The molecule has 224 valence electrons. The molecule has 0 radical (unpaired) electrons. The molecule has 9 heteroatoms. The number of hydrogen-bond donors (Lipinski definition) is 1. The van der Waals surface area contributed by atoms with Crippen LogP contribution in [0.5, 0.6) is 0 Å². The molecule has 4 aromatic carbocycles. The molecule has 0 saturated heterocycles. The van der Waals surface area contributed by atoms with Gasteiger partial charge in [0.05, 0.1) is 10.6 Å². The van der Waals surface area contributed by atoms with Gasteiger partial charge in [-0.3, -0.25) is 13.9 Å². The Morgan fingerprint density at radius 2 is 1.47 bits per heavy atom. The molecule has 7 nitrogen and oxygen atoms in total. The van der Waals surface area contributed by atoms with E-state index in [4.69, 9.17) is 0 Å². The number of carbonyl (C=O) groups is 2. The van der Waals surface area contributed by atoms with Gasteiger partial charge in [0.15, 0.2) is 0 Å². The molecule has 1 unspecified atom stereocenters. The van der Waals surface area contributed by atoms with Gasteiger partial charge in [0, 0.05) is 24.0 Å². The third-order valence-corrected chi connectivity index (χ3v) is 9.42. The molecular weight excluding hydrogens is 626 g/mol. The highest BCUT2D eigenvalue weighted by Crippen LogP contribution is 2.28. The van der Waals surface area contributed by atoms with Gasteiger partial charge >= 0.3 is 0 Å². The fraction of sp³-hybridized carbons (Fsp3) is 0.235. The number of nitrogens with one attached hydrogen (secondary N) is 1. The monoisotopic (exact) mass is 661 g/mol. The van der Waals surface area contributed by atoms with Crippen LogP contribution in [0.3, 0.4) is 0 Å². The average Bonchev–Trinajstić information content (AvgIpc) is 3.00. The zero-order valence-corrected chi connectivity index (χ0v) is 26.9. The molecule has 0 aliphatic heterocycles. The third kappa shape index (κ3) is 8.12. The highest BCUT2D eigenvalue weighted by atomic mass is 79.9. The number of sulfonamides is 1. The summed E-state index contributed by atoms with van der Waals surface area (Å²) in [4.78, 5) is 29.6. The minimum atomic E-state index is -4.13. The first-order chi connectivity index (χ1) is 20.6. The summed E-state index contributed by atoms with van der Waals surface area (Å²) in [5.41, 5.74) is 3.79. The summed E-state index contributed by atoms with van der Waals surface area (Å²) < 4.78 is 30.2. The van der Waals surface area contributed by atoms with Gasteiger partial charge in [-0.05, 0) is 67.8 Å². The Morgan fingerprint density at radius 3 is 2.07 bits per heavy atom. The summed E-state index contributed by atoms with van der Waals surface area (Å²) in [6.45, 7) is 5.61. The Kier molecular flexibility index (Phi) is 10.8. The Hall–Kier alpha value is -3.95. The summed E-state index contributed by atoms with van der Waals surface area (Å²) in [5, 5.41) is 2.88. The molecular formula is C34H36BrN3O4S. The van der Waals surface area contributed by atoms with Gasteiger partial charge in [0.2, 0.25) is 11.8 Å². The number of rotatable bonds is 12. The molecule has 1 N–H and O–H groups in total. The number of benzene rings is 4. The van der Waals surface area contributed by atoms with Crippen LogP contribution in [-0.4, -0.2) is 44.3 Å². The topological polar surface area (TPSA) is 86.8 Å². The van der Waals surface area contributed by atoms with E-state index in [0.717, 1.165) is 31.0 Å². The second-order valence-corrected chi connectivity index (χ2v) is 13.1. The summed E-state index contributed by atoms with van der Waals surface area (Å²) >= 11 is 3.45. The van der Waals surface area contributed by atoms with Gasteiger partial charge in [0.25, 0.3) is 10.0 Å². The predicted molar refractivity (Wildman–Crippen MR) is 174 cm³/mol. The Balaban J connectivity index is 1.81. The molecule has 0 fully saturated rings. The van der Waals surface area contributed by atoms with Crippen LogP contribution in [0.15, 0.2) is 112 Å². The lowest BCUT2D eigenvalue weighted by Gasteiger charge is -2.34. The maximum atomic E-state index is 14.4. The summed E-state index contributed by atoms with van der Waals surface area (Å²) in [6, 6.07) is 29.6. The number of nitrogens with zero attached hydrogens (tertiary/aromatic N) is 2. The van der Waals surface area contributed by atoms with Crippen molar-refractivity contribution in [2.75, 3.05) is 17.4 Å². The van der Waals surface area contributed by atoms with Crippen molar-refractivity contribution in [3.05, 3.63) is 130 Å². The first-order valence-electron chi connectivity index (χ1n) is 14.1. The van der Waals surface area contributed by atoms with E-state index >= 15 is 0 Å². The van der Waals surface area contributed by atoms with Crippen LogP contribution in [0, 0.1) is 13.8 Å². The zero-order valence-electron chi connectivity index (χ0n) is 24.5. The van der Waals surface area contributed by atoms with E-state index < -0.39 is 28.5 Å². The molecule has 0 aliphatic rings. The molecule has 4 rings (SSSR count). The summed E-state index contributed by atoms with van der Waals surface area (Å²) in [5.74, 6) is -0.796. The lowest BCUT2D eigenvalue weighted by atomic mass is 10.0. The molecule has 1 atom stereocenters. The van der Waals surface area contributed by atoms with Gasteiger partial charge < -0.3 is 10.2 Å². The van der Waals surface area contributed by atoms with Crippen LogP contribution in [0.1, 0.15) is 29.2 Å². The van der Waals surface area contributed by atoms with Gasteiger partial charge in [0.1, 0.15) is 12.6 Å². The molecule has 4 aromatic rings. The second kappa shape index (κ2) is 14.5. The highest BCUT2D eigenvalue weighted by molar-refractivity contribution is 9.10. The Bertz CT molecular complexity index is 1650. The van der Waals surface area contributed by atoms with Crippen LogP contribution in [0.2, 0.25) is 0 Å². The van der Waals surface area contributed by atoms with E-state index in [1.54, 1.807) is 24.3 Å². The maximum absolute atomic E-state index is 14.4. The molecule has 43 heavy (non-hydrogen) atoms.